The smallest absolute Gasteiger partial charge is 0.286 e. The predicted molar refractivity (Wildman–Crippen MR) is 118 cm³/mol. The first-order valence-corrected chi connectivity index (χ1v) is 12.1. The number of aryl methyl sites for hydroxylation is 2. The van der Waals surface area contributed by atoms with Crippen molar-refractivity contribution in [3.63, 3.8) is 0 Å². The molecule has 1 unspecified atom stereocenters. The second kappa shape index (κ2) is 9.18. The number of hydrogen-bond acceptors (Lipinski definition) is 4. The van der Waals surface area contributed by atoms with Crippen LogP contribution in [0.25, 0.3) is 0 Å². The van der Waals surface area contributed by atoms with E-state index in [1.807, 2.05) is 36.4 Å². The molecule has 0 radical (unpaired) electrons. The summed E-state index contributed by atoms with van der Waals surface area (Å²) in [6.07, 6.45) is 6.47. The predicted octanol–water partition coefficient (Wildman–Crippen LogP) is 6.24. The minimum atomic E-state index is -4.28. The monoisotopic (exact) mass is 417 g/mol. The zero-order chi connectivity index (χ0) is 21.0. The number of ether oxygens (including phenoxy) is 1. The summed E-state index contributed by atoms with van der Waals surface area (Å²) >= 11 is 0. The third-order valence-corrected chi connectivity index (χ3v) is 6.64. The molecule has 0 bridgehead atoms. The van der Waals surface area contributed by atoms with Gasteiger partial charge in [-0.05, 0) is 67.5 Å². The van der Waals surface area contributed by atoms with Gasteiger partial charge in [0.15, 0.2) is 16.9 Å². The van der Waals surface area contributed by atoms with Gasteiger partial charge >= 0.3 is 0 Å². The van der Waals surface area contributed by atoms with E-state index in [0.29, 0.717) is 22.9 Å². The third kappa shape index (κ3) is 4.75. The van der Waals surface area contributed by atoms with E-state index < -0.39 is 15.5 Å². The van der Waals surface area contributed by atoms with E-state index in [2.05, 4.69) is 13.8 Å². The molecule has 0 saturated heterocycles. The summed E-state index contributed by atoms with van der Waals surface area (Å²) in [6, 6.07) is 11.9. The second-order valence-electron chi connectivity index (χ2n) is 7.66. The maximum atomic E-state index is 12.2. The van der Waals surface area contributed by atoms with Crippen molar-refractivity contribution in [2.24, 2.45) is 0 Å². The molecule has 6 heteroatoms. The number of unbranched alkanes of at least 4 members (excludes halogenated alkanes) is 2. The van der Waals surface area contributed by atoms with E-state index in [1.54, 1.807) is 11.8 Å². The summed E-state index contributed by atoms with van der Waals surface area (Å²) < 4.78 is 40.6. The Balaban J connectivity index is 2.11. The van der Waals surface area contributed by atoms with Crippen LogP contribution in [-0.2, 0) is 23.0 Å². The van der Waals surface area contributed by atoms with Crippen molar-refractivity contribution in [1.82, 2.24) is 0 Å². The largest absolute Gasteiger partial charge is 0.453 e. The topological polar surface area (TPSA) is 66.8 Å². The molecule has 29 heavy (non-hydrogen) atoms. The van der Waals surface area contributed by atoms with E-state index in [-0.39, 0.29) is 6.42 Å². The SMILES string of the molecule is CCCCc1ccc2c(c1)Oc1ccc(CCCC)cc1N2C(CC)S(=O)(=O)O. The zero-order valence-corrected chi connectivity index (χ0v) is 18.3. The maximum absolute atomic E-state index is 12.2. The minimum absolute atomic E-state index is 0.258. The first kappa shape index (κ1) is 21.7. The van der Waals surface area contributed by atoms with Crippen LogP contribution in [0.1, 0.15) is 64.0 Å². The van der Waals surface area contributed by atoms with Crippen LogP contribution in [0, 0.1) is 0 Å². The van der Waals surface area contributed by atoms with Crippen molar-refractivity contribution in [2.75, 3.05) is 4.90 Å². The number of anilines is 2. The molecule has 0 aromatic heterocycles. The van der Waals surface area contributed by atoms with Gasteiger partial charge in [-0.3, -0.25) is 4.55 Å². The van der Waals surface area contributed by atoms with E-state index in [1.165, 1.54) is 0 Å². The van der Waals surface area contributed by atoms with Crippen molar-refractivity contribution >= 4 is 21.5 Å². The Morgan fingerprint density at radius 1 is 0.897 bits per heavy atom. The highest BCUT2D eigenvalue weighted by Crippen LogP contribution is 2.49. The summed E-state index contributed by atoms with van der Waals surface area (Å²) in [4.78, 5) is 1.72. The van der Waals surface area contributed by atoms with E-state index in [9.17, 15) is 13.0 Å². The number of nitrogens with zero attached hydrogens (tertiary/aromatic N) is 1. The van der Waals surface area contributed by atoms with Gasteiger partial charge in [0.25, 0.3) is 10.1 Å². The highest BCUT2D eigenvalue weighted by atomic mass is 32.2. The Hall–Kier alpha value is -2.05. The first-order valence-electron chi connectivity index (χ1n) is 10.6. The summed E-state index contributed by atoms with van der Waals surface area (Å²) in [6.45, 7) is 6.07. The first-order chi connectivity index (χ1) is 13.9. The summed E-state index contributed by atoms with van der Waals surface area (Å²) in [5.74, 6) is 1.25. The van der Waals surface area contributed by atoms with Gasteiger partial charge in [0.05, 0.1) is 11.4 Å². The average Bonchev–Trinajstić information content (AvgIpc) is 2.69. The molecule has 0 saturated carbocycles. The molecule has 2 aromatic rings. The van der Waals surface area contributed by atoms with Crippen molar-refractivity contribution < 1.29 is 17.7 Å². The Bertz CT molecular complexity index is 955. The molecule has 5 nitrogen and oxygen atoms in total. The van der Waals surface area contributed by atoms with Gasteiger partial charge in [0.1, 0.15) is 0 Å². The minimum Gasteiger partial charge on any atom is -0.453 e. The van der Waals surface area contributed by atoms with E-state index >= 15 is 0 Å². The van der Waals surface area contributed by atoms with Gasteiger partial charge in [-0.2, -0.15) is 8.42 Å². The zero-order valence-electron chi connectivity index (χ0n) is 17.5. The van der Waals surface area contributed by atoms with Gasteiger partial charge in [-0.15, -0.1) is 0 Å². The number of rotatable bonds is 9. The number of fused-ring (bicyclic) bond motifs is 2. The summed E-state index contributed by atoms with van der Waals surface area (Å²) in [5, 5.41) is -1.06. The number of benzene rings is 2. The molecular formula is C23H31NO4S. The van der Waals surface area contributed by atoms with E-state index in [4.69, 9.17) is 4.74 Å². The highest BCUT2D eigenvalue weighted by molar-refractivity contribution is 7.86. The van der Waals surface area contributed by atoms with Crippen molar-refractivity contribution in [1.29, 1.82) is 0 Å². The lowest BCUT2D eigenvalue weighted by Gasteiger charge is -2.37. The molecule has 1 aliphatic rings. The van der Waals surface area contributed by atoms with Gasteiger partial charge in [0.2, 0.25) is 0 Å². The van der Waals surface area contributed by atoms with Crippen LogP contribution in [0.3, 0.4) is 0 Å². The average molecular weight is 418 g/mol. The maximum Gasteiger partial charge on any atom is 0.286 e. The standard InChI is InChI=1S/C23H31NO4S/c1-4-7-9-17-12-14-21-20(15-17)24(23(6-3)29(25,26)27)19-13-11-18(10-8-5-2)16-22(19)28-21/h11-16,23H,4-10H2,1-3H3,(H,25,26,27). The van der Waals surface area contributed by atoms with Crippen LogP contribution in [0.4, 0.5) is 11.4 Å². The Kier molecular flexibility index (Phi) is 6.85. The fourth-order valence-electron chi connectivity index (χ4n) is 3.83. The van der Waals surface area contributed by atoms with Gasteiger partial charge in [-0.1, -0.05) is 45.7 Å². The van der Waals surface area contributed by atoms with Crippen LogP contribution >= 0.6 is 0 Å². The van der Waals surface area contributed by atoms with Crippen LogP contribution in [-0.4, -0.2) is 18.3 Å². The molecule has 1 heterocycles. The third-order valence-electron chi connectivity index (χ3n) is 5.41. The summed E-state index contributed by atoms with van der Waals surface area (Å²) in [7, 11) is -4.28. The van der Waals surface area contributed by atoms with Crippen molar-refractivity contribution in [2.45, 2.75) is 71.1 Å². The van der Waals surface area contributed by atoms with Gasteiger partial charge in [-0.25, -0.2) is 0 Å². The molecule has 1 aliphatic heterocycles. The van der Waals surface area contributed by atoms with Crippen molar-refractivity contribution in [3.8, 4) is 11.5 Å². The van der Waals surface area contributed by atoms with Crippen LogP contribution < -0.4 is 9.64 Å². The van der Waals surface area contributed by atoms with E-state index in [0.717, 1.165) is 49.7 Å². The molecule has 0 amide bonds. The Labute approximate surface area is 174 Å². The fourth-order valence-corrected chi connectivity index (χ4v) is 4.75. The summed E-state index contributed by atoms with van der Waals surface area (Å²) in [5.41, 5.74) is 3.66. The molecule has 1 N–H and O–H groups in total. The highest BCUT2D eigenvalue weighted by Gasteiger charge is 2.36. The fraction of sp³-hybridized carbons (Fsp3) is 0.478. The second-order valence-corrected chi connectivity index (χ2v) is 9.24. The lowest BCUT2D eigenvalue weighted by molar-refractivity contribution is 0.451. The molecule has 1 atom stereocenters. The molecule has 0 fully saturated rings. The molecular weight excluding hydrogens is 386 g/mol. The molecule has 0 aliphatic carbocycles. The van der Waals surface area contributed by atoms with Crippen LogP contribution in [0.2, 0.25) is 0 Å². The Morgan fingerprint density at radius 2 is 1.52 bits per heavy atom. The Morgan fingerprint density at radius 3 is 2.10 bits per heavy atom. The quantitative estimate of drug-likeness (QED) is 0.489. The lowest BCUT2D eigenvalue weighted by atomic mass is 10.0. The molecule has 158 valence electrons. The molecule has 2 aromatic carbocycles. The lowest BCUT2D eigenvalue weighted by Crippen LogP contribution is -2.38. The van der Waals surface area contributed by atoms with Crippen molar-refractivity contribution in [3.05, 3.63) is 47.5 Å². The van der Waals surface area contributed by atoms with Gasteiger partial charge in [0, 0.05) is 0 Å². The van der Waals surface area contributed by atoms with Gasteiger partial charge < -0.3 is 9.64 Å². The molecule has 0 spiro atoms. The molecule has 3 rings (SSSR count). The van der Waals surface area contributed by atoms with Crippen LogP contribution in [0.15, 0.2) is 36.4 Å². The van der Waals surface area contributed by atoms with Crippen LogP contribution in [0.5, 0.6) is 11.5 Å². The normalized spacial score (nSPS) is 14.1. The number of hydrogen-bond donors (Lipinski definition) is 1.